The first-order valence-electron chi connectivity index (χ1n) is 16.0. The number of aromatic nitrogens is 2. The van der Waals surface area contributed by atoms with Crippen molar-refractivity contribution in [3.63, 3.8) is 0 Å². The van der Waals surface area contributed by atoms with Crippen molar-refractivity contribution in [1.29, 1.82) is 0 Å². The molecule has 0 spiro atoms. The smallest absolute Gasteiger partial charge is 0.146 e. The zero-order valence-corrected chi connectivity index (χ0v) is 25.8. The number of hydrogen-bond acceptors (Lipinski definition) is 1. The molecule has 9 aromatic rings. The van der Waals surface area contributed by atoms with E-state index < -0.39 is 0 Å². The first kappa shape index (κ1) is 27.1. The summed E-state index contributed by atoms with van der Waals surface area (Å²) in [6.45, 7) is 8.43. The van der Waals surface area contributed by atoms with Gasteiger partial charge in [-0.2, -0.15) is 0 Å². The SMILES string of the molecule is C=Cc1c(C=C)c2nc3ccccc3n2c2ccc(-c3c4ccccc4c(-c4ccc(-c5ccccc5)cc4)c4ccccc34)cc12. The largest absolute Gasteiger partial charge is 0.292 e. The van der Waals surface area contributed by atoms with Crippen molar-refractivity contribution >= 4 is 61.3 Å². The lowest BCUT2D eigenvalue weighted by atomic mass is 9.85. The maximum Gasteiger partial charge on any atom is 0.146 e. The number of imidazole rings is 1. The van der Waals surface area contributed by atoms with Crippen LogP contribution in [0.1, 0.15) is 11.1 Å². The van der Waals surface area contributed by atoms with Crippen LogP contribution in [0.2, 0.25) is 0 Å². The summed E-state index contributed by atoms with van der Waals surface area (Å²) in [5, 5.41) is 6.05. The molecule has 2 aromatic heterocycles. The quantitative estimate of drug-likeness (QED) is 0.180. The number of fused-ring (bicyclic) bond motifs is 7. The van der Waals surface area contributed by atoms with Gasteiger partial charge in [-0.25, -0.2) is 4.98 Å². The summed E-state index contributed by atoms with van der Waals surface area (Å²) in [4.78, 5) is 5.01. The third kappa shape index (κ3) is 4.09. The van der Waals surface area contributed by atoms with Gasteiger partial charge in [-0.05, 0) is 84.8 Å². The number of para-hydroxylation sites is 2. The predicted octanol–water partition coefficient (Wildman–Crippen LogP) is 12.2. The Morgan fingerprint density at radius 2 is 0.936 bits per heavy atom. The summed E-state index contributed by atoms with van der Waals surface area (Å²) < 4.78 is 2.26. The predicted molar refractivity (Wildman–Crippen MR) is 202 cm³/mol. The molecule has 0 N–H and O–H groups in total. The molecular weight excluding hydrogens is 569 g/mol. The summed E-state index contributed by atoms with van der Waals surface area (Å²) in [6.07, 6.45) is 3.86. The van der Waals surface area contributed by atoms with E-state index in [0.29, 0.717) is 0 Å². The van der Waals surface area contributed by atoms with E-state index in [0.717, 1.165) is 44.3 Å². The van der Waals surface area contributed by atoms with Gasteiger partial charge in [-0.3, -0.25) is 4.40 Å². The molecule has 2 nitrogen and oxygen atoms in total. The molecule has 0 atom stereocenters. The molecule has 0 saturated carbocycles. The summed E-state index contributed by atoms with van der Waals surface area (Å²) in [7, 11) is 0. The maximum absolute atomic E-state index is 5.01. The highest BCUT2D eigenvalue weighted by Crippen LogP contribution is 2.45. The van der Waals surface area contributed by atoms with E-state index in [-0.39, 0.29) is 0 Å². The molecule has 47 heavy (non-hydrogen) atoms. The summed E-state index contributed by atoms with van der Waals surface area (Å²) >= 11 is 0. The first-order valence-corrected chi connectivity index (χ1v) is 16.0. The highest BCUT2D eigenvalue weighted by atomic mass is 15.0. The Bertz CT molecular complexity index is 2640. The van der Waals surface area contributed by atoms with E-state index in [1.165, 1.54) is 49.4 Å². The highest BCUT2D eigenvalue weighted by Gasteiger charge is 2.19. The van der Waals surface area contributed by atoms with E-state index >= 15 is 0 Å². The van der Waals surface area contributed by atoms with Crippen LogP contribution >= 0.6 is 0 Å². The van der Waals surface area contributed by atoms with Crippen LogP contribution in [0.3, 0.4) is 0 Å². The molecule has 0 aliphatic carbocycles. The molecule has 0 saturated heterocycles. The van der Waals surface area contributed by atoms with Crippen molar-refractivity contribution in [2.75, 3.05) is 0 Å². The van der Waals surface area contributed by atoms with E-state index in [1.807, 2.05) is 18.2 Å². The Morgan fingerprint density at radius 1 is 0.426 bits per heavy atom. The Hall–Kier alpha value is -6.25. The summed E-state index contributed by atoms with van der Waals surface area (Å²) in [6, 6.07) is 52.4. The van der Waals surface area contributed by atoms with Crippen LogP contribution in [0.5, 0.6) is 0 Å². The lowest BCUT2D eigenvalue weighted by Gasteiger charge is -2.19. The van der Waals surface area contributed by atoms with Crippen LogP contribution in [0.25, 0.3) is 94.7 Å². The van der Waals surface area contributed by atoms with Crippen LogP contribution in [0, 0.1) is 0 Å². The second-order valence-corrected chi connectivity index (χ2v) is 12.0. The minimum absolute atomic E-state index is 0.898. The molecule has 0 bridgehead atoms. The molecule has 0 aliphatic rings. The lowest BCUT2D eigenvalue weighted by molar-refractivity contribution is 1.29. The fourth-order valence-corrected chi connectivity index (χ4v) is 7.45. The molecule has 2 heterocycles. The van der Waals surface area contributed by atoms with Crippen molar-refractivity contribution in [2.24, 2.45) is 0 Å². The average molecular weight is 599 g/mol. The zero-order chi connectivity index (χ0) is 31.5. The van der Waals surface area contributed by atoms with Crippen molar-refractivity contribution in [1.82, 2.24) is 9.38 Å². The van der Waals surface area contributed by atoms with Gasteiger partial charge in [0.15, 0.2) is 0 Å². The normalized spacial score (nSPS) is 11.6. The Morgan fingerprint density at radius 3 is 1.57 bits per heavy atom. The Kier molecular flexibility index (Phi) is 6.16. The molecule has 0 aliphatic heterocycles. The van der Waals surface area contributed by atoms with Crippen LogP contribution < -0.4 is 0 Å². The molecule has 0 radical (unpaired) electrons. The molecule has 0 unspecified atom stereocenters. The van der Waals surface area contributed by atoms with Crippen LogP contribution in [0.4, 0.5) is 0 Å². The van der Waals surface area contributed by atoms with Gasteiger partial charge in [0, 0.05) is 10.9 Å². The standard InChI is InChI=1S/C45H30N2/c1-3-33-34(4-2)45-46-40-20-12-13-21-42(40)47(45)41-27-26-32(28-39(33)41)44-37-18-10-8-16-35(37)43(36-17-9-11-19-38(36)44)31-24-22-30(23-25-31)29-14-6-5-7-15-29/h3-28H,1-2H2. The number of rotatable bonds is 5. The number of benzene rings is 7. The van der Waals surface area contributed by atoms with Crippen molar-refractivity contribution < 1.29 is 0 Å². The molecule has 220 valence electrons. The molecular formula is C45H30N2. The van der Waals surface area contributed by atoms with Crippen molar-refractivity contribution in [2.45, 2.75) is 0 Å². The second-order valence-electron chi connectivity index (χ2n) is 12.0. The molecule has 2 heteroatoms. The minimum atomic E-state index is 0.898. The summed E-state index contributed by atoms with van der Waals surface area (Å²) in [5.41, 5.74) is 13.4. The monoisotopic (exact) mass is 598 g/mol. The Balaban J connectivity index is 1.33. The van der Waals surface area contributed by atoms with Gasteiger partial charge >= 0.3 is 0 Å². The van der Waals surface area contributed by atoms with Gasteiger partial charge in [0.2, 0.25) is 0 Å². The van der Waals surface area contributed by atoms with E-state index in [1.54, 1.807) is 0 Å². The van der Waals surface area contributed by atoms with Crippen molar-refractivity contribution in [3.05, 3.63) is 170 Å². The average Bonchev–Trinajstić information content (AvgIpc) is 3.53. The fraction of sp³-hybridized carbons (Fsp3) is 0. The van der Waals surface area contributed by atoms with Gasteiger partial charge in [0.1, 0.15) is 5.65 Å². The zero-order valence-electron chi connectivity index (χ0n) is 25.8. The van der Waals surface area contributed by atoms with E-state index in [2.05, 4.69) is 157 Å². The third-order valence-corrected chi connectivity index (χ3v) is 9.53. The van der Waals surface area contributed by atoms with Crippen LogP contribution in [0.15, 0.2) is 159 Å². The van der Waals surface area contributed by atoms with E-state index in [9.17, 15) is 0 Å². The van der Waals surface area contributed by atoms with Crippen LogP contribution in [-0.2, 0) is 0 Å². The Labute approximate surface area is 273 Å². The summed E-state index contributed by atoms with van der Waals surface area (Å²) in [5.74, 6) is 0. The minimum Gasteiger partial charge on any atom is -0.292 e. The van der Waals surface area contributed by atoms with E-state index in [4.69, 9.17) is 4.98 Å². The van der Waals surface area contributed by atoms with Gasteiger partial charge in [-0.15, -0.1) is 0 Å². The number of hydrogen-bond donors (Lipinski definition) is 0. The fourth-order valence-electron chi connectivity index (χ4n) is 7.45. The van der Waals surface area contributed by atoms with Gasteiger partial charge in [-0.1, -0.05) is 147 Å². The maximum atomic E-state index is 5.01. The lowest BCUT2D eigenvalue weighted by Crippen LogP contribution is -1.97. The van der Waals surface area contributed by atoms with Gasteiger partial charge in [0.25, 0.3) is 0 Å². The van der Waals surface area contributed by atoms with Crippen molar-refractivity contribution in [3.8, 4) is 33.4 Å². The first-order chi connectivity index (χ1) is 23.2. The van der Waals surface area contributed by atoms with Crippen LogP contribution in [-0.4, -0.2) is 9.38 Å². The molecule has 7 aromatic carbocycles. The molecule has 9 rings (SSSR count). The van der Waals surface area contributed by atoms with Gasteiger partial charge in [0.05, 0.1) is 16.6 Å². The molecule has 0 amide bonds. The number of nitrogens with zero attached hydrogens (tertiary/aromatic N) is 2. The number of pyridine rings is 1. The third-order valence-electron chi connectivity index (χ3n) is 9.53. The van der Waals surface area contributed by atoms with Gasteiger partial charge < -0.3 is 0 Å². The second kappa shape index (κ2) is 10.7. The molecule has 0 fully saturated rings. The highest BCUT2D eigenvalue weighted by molar-refractivity contribution is 6.22. The topological polar surface area (TPSA) is 17.3 Å².